The van der Waals surface area contributed by atoms with Gasteiger partial charge in [-0.2, -0.15) is 4.39 Å². The lowest BCUT2D eigenvalue weighted by molar-refractivity contribution is -0.387. The third kappa shape index (κ3) is 2.74. The van der Waals surface area contributed by atoms with Gasteiger partial charge in [-0.3, -0.25) is 14.9 Å². The van der Waals surface area contributed by atoms with Gasteiger partial charge in [-0.25, -0.2) is 4.39 Å². The maximum Gasteiger partial charge on any atom is 0.308 e. The molecule has 1 aliphatic carbocycles. The second-order valence-corrected chi connectivity index (χ2v) is 4.50. The number of amides is 1. The number of nitrogens with zero attached hydrogens (tertiary/aromatic N) is 2. The number of rotatable bonds is 5. The summed E-state index contributed by atoms with van der Waals surface area (Å²) in [7, 11) is 0. The van der Waals surface area contributed by atoms with Crippen molar-refractivity contribution in [2.24, 2.45) is 0 Å². The highest BCUT2D eigenvalue weighted by Gasteiger charge is 2.35. The molecule has 1 aromatic carbocycles. The molecule has 0 spiro atoms. The zero-order chi connectivity index (χ0) is 14.9. The van der Waals surface area contributed by atoms with Crippen molar-refractivity contribution in [1.29, 1.82) is 0 Å². The summed E-state index contributed by atoms with van der Waals surface area (Å²) in [5.41, 5.74) is -1.76. The van der Waals surface area contributed by atoms with Crippen LogP contribution in [0.5, 0.6) is 0 Å². The van der Waals surface area contributed by atoms with E-state index in [4.69, 9.17) is 5.11 Å². The Morgan fingerprint density at radius 1 is 1.45 bits per heavy atom. The summed E-state index contributed by atoms with van der Waals surface area (Å²) < 4.78 is 27.2. The van der Waals surface area contributed by atoms with Crippen molar-refractivity contribution in [3.8, 4) is 0 Å². The molecule has 20 heavy (non-hydrogen) atoms. The van der Waals surface area contributed by atoms with Crippen molar-refractivity contribution >= 4 is 11.6 Å². The first-order chi connectivity index (χ1) is 9.45. The first-order valence-electron chi connectivity index (χ1n) is 6.01. The zero-order valence-corrected chi connectivity index (χ0v) is 10.4. The van der Waals surface area contributed by atoms with Crippen molar-refractivity contribution < 1.29 is 23.6 Å². The number of aliphatic hydroxyl groups is 1. The standard InChI is InChI=1S/C12H12F2N2O4/c13-7-5-9(11(14)10(6-7)16(19)20)12(18)15(3-4-17)8-1-2-8/h5-6,8,17H,1-4H2. The number of aliphatic hydroxyl groups excluding tert-OH is 1. The van der Waals surface area contributed by atoms with E-state index in [0.29, 0.717) is 25.0 Å². The first-order valence-corrected chi connectivity index (χ1v) is 6.01. The van der Waals surface area contributed by atoms with Crippen LogP contribution < -0.4 is 0 Å². The first kappa shape index (κ1) is 14.3. The molecule has 8 heteroatoms. The molecule has 1 aliphatic rings. The average molecular weight is 286 g/mol. The fourth-order valence-electron chi connectivity index (χ4n) is 1.96. The van der Waals surface area contributed by atoms with Crippen LogP contribution in [0.3, 0.4) is 0 Å². The molecule has 2 rings (SSSR count). The molecule has 6 nitrogen and oxygen atoms in total. The molecule has 1 aromatic rings. The topological polar surface area (TPSA) is 83.7 Å². The van der Waals surface area contributed by atoms with Crippen molar-refractivity contribution in [2.45, 2.75) is 18.9 Å². The normalized spacial score (nSPS) is 14.2. The van der Waals surface area contributed by atoms with E-state index in [1.165, 1.54) is 4.90 Å². The Morgan fingerprint density at radius 3 is 2.60 bits per heavy atom. The van der Waals surface area contributed by atoms with Crippen molar-refractivity contribution in [2.75, 3.05) is 13.2 Å². The van der Waals surface area contributed by atoms with Gasteiger partial charge in [-0.15, -0.1) is 0 Å². The molecule has 0 unspecified atom stereocenters. The third-order valence-electron chi connectivity index (χ3n) is 3.03. The van der Waals surface area contributed by atoms with Crippen LogP contribution in [-0.2, 0) is 0 Å². The SMILES string of the molecule is O=C(c1cc(F)cc([N+](=O)[O-])c1F)N(CCO)C1CC1. The minimum Gasteiger partial charge on any atom is -0.395 e. The average Bonchev–Trinajstić information content (AvgIpc) is 3.21. The van der Waals surface area contributed by atoms with Gasteiger partial charge in [-0.05, 0) is 18.9 Å². The highest BCUT2D eigenvalue weighted by molar-refractivity contribution is 5.95. The van der Waals surface area contributed by atoms with E-state index < -0.39 is 33.7 Å². The molecule has 1 N–H and O–H groups in total. The number of hydrogen-bond acceptors (Lipinski definition) is 4. The molecule has 108 valence electrons. The van der Waals surface area contributed by atoms with Gasteiger partial charge >= 0.3 is 5.69 Å². The van der Waals surface area contributed by atoms with Gasteiger partial charge in [-0.1, -0.05) is 0 Å². The van der Waals surface area contributed by atoms with Crippen LogP contribution in [0.4, 0.5) is 14.5 Å². The van der Waals surface area contributed by atoms with Crippen LogP contribution in [0.1, 0.15) is 23.2 Å². The molecule has 0 heterocycles. The Hall–Kier alpha value is -2.09. The second kappa shape index (κ2) is 5.49. The van der Waals surface area contributed by atoms with Gasteiger partial charge in [0, 0.05) is 12.6 Å². The number of hydrogen-bond donors (Lipinski definition) is 1. The quantitative estimate of drug-likeness (QED) is 0.656. The molecular weight excluding hydrogens is 274 g/mol. The number of benzene rings is 1. The third-order valence-corrected chi connectivity index (χ3v) is 3.03. The summed E-state index contributed by atoms with van der Waals surface area (Å²) in [4.78, 5) is 22.9. The van der Waals surface area contributed by atoms with Crippen LogP contribution in [-0.4, -0.2) is 40.0 Å². The van der Waals surface area contributed by atoms with Gasteiger partial charge in [0.15, 0.2) is 0 Å². The Bertz CT molecular complexity index is 561. The summed E-state index contributed by atoms with van der Waals surface area (Å²) in [5, 5.41) is 19.5. The van der Waals surface area contributed by atoms with Gasteiger partial charge in [0.25, 0.3) is 5.91 Å². The maximum absolute atomic E-state index is 13.9. The lowest BCUT2D eigenvalue weighted by Crippen LogP contribution is -2.36. The van der Waals surface area contributed by atoms with Crippen molar-refractivity contribution in [3.63, 3.8) is 0 Å². The maximum atomic E-state index is 13.9. The molecule has 1 fully saturated rings. The van der Waals surface area contributed by atoms with Gasteiger partial charge in [0.2, 0.25) is 5.82 Å². The summed E-state index contributed by atoms with van der Waals surface area (Å²) in [6, 6.07) is 0.938. The highest BCUT2D eigenvalue weighted by Crippen LogP contribution is 2.30. The summed E-state index contributed by atoms with van der Waals surface area (Å²) in [6.07, 6.45) is 1.43. The zero-order valence-electron chi connectivity index (χ0n) is 10.4. The predicted octanol–water partition coefficient (Wildman–Crippen LogP) is 1.47. The van der Waals surface area contributed by atoms with E-state index in [9.17, 15) is 23.7 Å². The monoisotopic (exact) mass is 286 g/mol. The Morgan fingerprint density at radius 2 is 2.10 bits per heavy atom. The minimum absolute atomic E-state index is 0.0206. The van der Waals surface area contributed by atoms with Crippen LogP contribution in [0.15, 0.2) is 12.1 Å². The molecule has 0 bridgehead atoms. The summed E-state index contributed by atoms with van der Waals surface area (Å²) in [5.74, 6) is -3.26. The minimum atomic E-state index is -1.36. The fraction of sp³-hybridized carbons (Fsp3) is 0.417. The van der Waals surface area contributed by atoms with E-state index >= 15 is 0 Å². The van der Waals surface area contributed by atoms with Gasteiger partial charge in [0.05, 0.1) is 23.2 Å². The lowest BCUT2D eigenvalue weighted by Gasteiger charge is -2.21. The molecule has 1 amide bonds. The fourth-order valence-corrected chi connectivity index (χ4v) is 1.96. The number of carbonyl (C=O) groups is 1. The smallest absolute Gasteiger partial charge is 0.308 e. The summed E-state index contributed by atoms with van der Waals surface area (Å²) in [6.45, 7) is -0.339. The molecule has 0 radical (unpaired) electrons. The van der Waals surface area contributed by atoms with Crippen LogP contribution in [0.25, 0.3) is 0 Å². The molecule has 0 aromatic heterocycles. The summed E-state index contributed by atoms with van der Waals surface area (Å²) >= 11 is 0. The predicted molar refractivity (Wildman–Crippen MR) is 64.2 cm³/mol. The van der Waals surface area contributed by atoms with E-state index in [1.54, 1.807) is 0 Å². The highest BCUT2D eigenvalue weighted by atomic mass is 19.1. The molecule has 1 saturated carbocycles. The van der Waals surface area contributed by atoms with Crippen molar-refractivity contribution in [1.82, 2.24) is 4.90 Å². The van der Waals surface area contributed by atoms with E-state index in [2.05, 4.69) is 0 Å². The number of nitro benzene ring substituents is 1. The van der Waals surface area contributed by atoms with Crippen LogP contribution >= 0.6 is 0 Å². The number of carbonyl (C=O) groups excluding carboxylic acids is 1. The van der Waals surface area contributed by atoms with Gasteiger partial charge in [0.1, 0.15) is 5.82 Å². The Balaban J connectivity index is 2.40. The largest absolute Gasteiger partial charge is 0.395 e. The molecule has 0 atom stereocenters. The number of nitro groups is 1. The molecule has 0 aliphatic heterocycles. The van der Waals surface area contributed by atoms with E-state index in [-0.39, 0.29) is 19.2 Å². The van der Waals surface area contributed by atoms with Gasteiger partial charge < -0.3 is 10.0 Å². The number of halogens is 2. The van der Waals surface area contributed by atoms with E-state index in [0.717, 1.165) is 0 Å². The Labute approximate surface area is 112 Å². The van der Waals surface area contributed by atoms with E-state index in [1.807, 2.05) is 0 Å². The second-order valence-electron chi connectivity index (χ2n) is 4.50. The van der Waals surface area contributed by atoms with Crippen LogP contribution in [0.2, 0.25) is 0 Å². The molecule has 0 saturated heterocycles. The Kier molecular flexibility index (Phi) is 3.93. The van der Waals surface area contributed by atoms with Crippen molar-refractivity contribution in [3.05, 3.63) is 39.4 Å². The molecular formula is C12H12F2N2O4. The van der Waals surface area contributed by atoms with Crippen LogP contribution in [0, 0.1) is 21.7 Å². The lowest BCUT2D eigenvalue weighted by atomic mass is 10.1.